The highest BCUT2D eigenvalue weighted by molar-refractivity contribution is 7.86. The molecule has 0 aliphatic heterocycles. The third-order valence-electron chi connectivity index (χ3n) is 4.74. The average Bonchev–Trinajstić information content (AvgIpc) is 2.61. The van der Waals surface area contributed by atoms with Crippen molar-refractivity contribution in [2.75, 3.05) is 6.54 Å². The Labute approximate surface area is 178 Å². The van der Waals surface area contributed by atoms with Crippen molar-refractivity contribution >= 4 is 31.9 Å². The number of aliphatic imine (C=N–C) groups is 1. The molecule has 0 aliphatic carbocycles. The first-order chi connectivity index (χ1) is 13.8. The van der Waals surface area contributed by atoms with E-state index in [-0.39, 0.29) is 18.4 Å². The molecule has 0 bridgehead atoms. The topological polar surface area (TPSA) is 187 Å². The zero-order valence-corrected chi connectivity index (χ0v) is 18.8. The molecular formula is C18H29N4O6S2-. The molecule has 1 atom stereocenters. The Balaban J connectivity index is 3.29. The number of nitrogens with zero attached hydrogens (tertiary/aromatic N) is 2. The Hall–Kier alpha value is -1.99. The van der Waals surface area contributed by atoms with Crippen LogP contribution in [-0.4, -0.2) is 38.4 Å². The van der Waals surface area contributed by atoms with E-state index in [9.17, 15) is 25.9 Å². The second-order valence-corrected chi connectivity index (χ2v) is 9.66. The molecule has 1 unspecified atom stereocenters. The molecule has 30 heavy (non-hydrogen) atoms. The Morgan fingerprint density at radius 3 is 2.23 bits per heavy atom. The molecule has 6 N–H and O–H groups in total. The van der Waals surface area contributed by atoms with Crippen LogP contribution in [0.3, 0.4) is 0 Å². The van der Waals surface area contributed by atoms with Gasteiger partial charge in [-0.2, -0.15) is 16.8 Å². The molecule has 170 valence electrons. The predicted octanol–water partition coefficient (Wildman–Crippen LogP) is 2.80. The van der Waals surface area contributed by atoms with E-state index in [2.05, 4.69) is 31.1 Å². The fourth-order valence-corrected chi connectivity index (χ4v) is 4.27. The smallest absolute Gasteiger partial charge is 0.295 e. The fourth-order valence-electron chi connectivity index (χ4n) is 3.16. The van der Waals surface area contributed by atoms with Gasteiger partial charge in [-0.3, -0.25) is 9.11 Å². The first kappa shape index (κ1) is 26.0. The number of allylic oxidation sites excluding steroid dienone is 1. The number of nitrogens with two attached hydrogens (primary N) is 2. The first-order valence-corrected chi connectivity index (χ1v) is 12.2. The van der Waals surface area contributed by atoms with Gasteiger partial charge in [-0.25, -0.2) is 0 Å². The van der Waals surface area contributed by atoms with Crippen LogP contribution < -0.4 is 11.5 Å². The van der Waals surface area contributed by atoms with Gasteiger partial charge in [0.2, 0.25) is 0 Å². The molecule has 12 heteroatoms. The number of benzene rings is 1. The Kier molecular flexibility index (Phi) is 9.43. The van der Waals surface area contributed by atoms with Gasteiger partial charge in [0.15, 0.2) is 0 Å². The van der Waals surface area contributed by atoms with Crippen LogP contribution in [-0.2, 0) is 20.2 Å². The molecule has 0 heterocycles. The maximum atomic E-state index is 11.6. The summed E-state index contributed by atoms with van der Waals surface area (Å²) in [5.41, 5.74) is 11.5. The van der Waals surface area contributed by atoms with Gasteiger partial charge < -0.3 is 21.8 Å². The van der Waals surface area contributed by atoms with E-state index >= 15 is 0 Å². The molecular weight excluding hydrogens is 432 g/mol. The van der Waals surface area contributed by atoms with Crippen LogP contribution in [0.5, 0.6) is 0 Å². The van der Waals surface area contributed by atoms with Gasteiger partial charge in [-0.1, -0.05) is 39.7 Å². The van der Waals surface area contributed by atoms with E-state index < -0.39 is 35.7 Å². The van der Waals surface area contributed by atoms with Crippen LogP contribution in [0.2, 0.25) is 0 Å². The Morgan fingerprint density at radius 1 is 1.17 bits per heavy atom. The van der Waals surface area contributed by atoms with E-state index in [1.807, 2.05) is 0 Å². The van der Waals surface area contributed by atoms with Crippen molar-refractivity contribution in [1.82, 2.24) is 0 Å². The monoisotopic (exact) mass is 461 g/mol. The first-order valence-electron chi connectivity index (χ1n) is 9.37. The zero-order valence-electron chi connectivity index (χ0n) is 17.2. The molecule has 0 spiro atoms. The second-order valence-electron chi connectivity index (χ2n) is 6.85. The van der Waals surface area contributed by atoms with Crippen molar-refractivity contribution in [3.05, 3.63) is 35.3 Å². The minimum Gasteiger partial charge on any atom is -0.453 e. The fraction of sp³-hybridized carbons (Fsp3) is 0.500. The quantitative estimate of drug-likeness (QED) is 0.232. The van der Waals surface area contributed by atoms with Gasteiger partial charge in [0.05, 0.1) is 4.90 Å². The lowest BCUT2D eigenvalue weighted by Gasteiger charge is -2.24. The van der Waals surface area contributed by atoms with Gasteiger partial charge in [-0.05, 0) is 42.2 Å². The molecule has 0 saturated carbocycles. The number of hydrogen-bond acceptors (Lipinski definition) is 6. The molecule has 0 radical (unpaired) electrons. The molecule has 1 aromatic carbocycles. The zero-order chi connectivity index (χ0) is 23.1. The lowest BCUT2D eigenvalue weighted by molar-refractivity contribution is 0.334. The van der Waals surface area contributed by atoms with Crippen molar-refractivity contribution in [1.29, 1.82) is 0 Å². The summed E-state index contributed by atoms with van der Waals surface area (Å²) in [6, 6.07) is 2.40. The summed E-state index contributed by atoms with van der Waals surface area (Å²) in [5, 5.41) is 3.85. The maximum Gasteiger partial charge on any atom is 0.295 e. The van der Waals surface area contributed by atoms with Gasteiger partial charge in [0.1, 0.15) is 4.90 Å². The lowest BCUT2D eigenvalue weighted by Crippen LogP contribution is -2.14. The summed E-state index contributed by atoms with van der Waals surface area (Å²) in [4.78, 5) is 2.90. The highest BCUT2D eigenvalue weighted by Crippen LogP contribution is 2.31. The van der Waals surface area contributed by atoms with Crippen molar-refractivity contribution < 1.29 is 25.9 Å². The number of hydrogen-bond donors (Lipinski definition) is 4. The van der Waals surface area contributed by atoms with Gasteiger partial charge in [-0.15, -0.1) is 0 Å². The summed E-state index contributed by atoms with van der Waals surface area (Å²) in [6.07, 6.45) is 4.23. The van der Waals surface area contributed by atoms with E-state index in [0.717, 1.165) is 31.0 Å². The summed E-state index contributed by atoms with van der Waals surface area (Å²) in [6.45, 7) is 6.49. The largest absolute Gasteiger partial charge is 0.453 e. The molecule has 10 nitrogen and oxygen atoms in total. The summed E-state index contributed by atoms with van der Waals surface area (Å²) >= 11 is 0. The minimum atomic E-state index is -4.73. The van der Waals surface area contributed by atoms with E-state index in [4.69, 9.17) is 11.5 Å². The maximum absolute atomic E-state index is 11.6. The van der Waals surface area contributed by atoms with Crippen LogP contribution in [0.25, 0.3) is 5.32 Å². The van der Waals surface area contributed by atoms with Crippen molar-refractivity contribution in [2.24, 2.45) is 28.3 Å². The van der Waals surface area contributed by atoms with Crippen LogP contribution in [0.15, 0.2) is 44.8 Å². The highest BCUT2D eigenvalue weighted by atomic mass is 32.2. The van der Waals surface area contributed by atoms with E-state index in [1.165, 1.54) is 0 Å². The lowest BCUT2D eigenvalue weighted by atomic mass is 9.86. The normalized spacial score (nSPS) is 14.8. The molecule has 0 aliphatic rings. The third kappa shape index (κ3) is 7.69. The molecule has 0 aromatic heterocycles. The third-order valence-corrected chi connectivity index (χ3v) is 6.49. The summed E-state index contributed by atoms with van der Waals surface area (Å²) in [7, 11) is -9.36. The average molecular weight is 462 g/mol. The Morgan fingerprint density at radius 2 is 1.77 bits per heavy atom. The van der Waals surface area contributed by atoms with E-state index in [0.29, 0.717) is 18.0 Å². The predicted molar refractivity (Wildman–Crippen MR) is 116 cm³/mol. The van der Waals surface area contributed by atoms with Crippen LogP contribution in [0.1, 0.15) is 40.0 Å². The van der Waals surface area contributed by atoms with Crippen LogP contribution >= 0.6 is 0 Å². The Bertz CT molecular complexity index is 1000. The molecule has 1 rings (SSSR count). The van der Waals surface area contributed by atoms with Gasteiger partial charge >= 0.3 is 0 Å². The molecule has 0 amide bonds. The molecule has 0 fully saturated rings. The van der Waals surface area contributed by atoms with Crippen molar-refractivity contribution in [3.63, 3.8) is 0 Å². The van der Waals surface area contributed by atoms with Crippen LogP contribution in [0.4, 0.5) is 5.69 Å². The number of rotatable bonds is 10. The van der Waals surface area contributed by atoms with Crippen molar-refractivity contribution in [2.45, 2.75) is 49.8 Å². The SMILES string of the molecule is CCC(CC)C(C)CC(=CCN)N=C(N)[N-]c1cc(S(=O)(=O)O)ccc1S(=O)(=O)O. The van der Waals surface area contributed by atoms with Gasteiger partial charge in [0, 0.05) is 18.2 Å². The van der Waals surface area contributed by atoms with E-state index in [1.54, 1.807) is 6.08 Å². The summed E-state index contributed by atoms with van der Waals surface area (Å²) in [5.74, 6) is 0.395. The highest BCUT2D eigenvalue weighted by Gasteiger charge is 2.19. The summed E-state index contributed by atoms with van der Waals surface area (Å²) < 4.78 is 64.4. The number of guanidine groups is 1. The minimum absolute atomic E-state index is 0.205. The standard InChI is InChI=1S/C18H29N4O6S2/c1-4-13(5-2)12(3)10-14(8-9-19)21-18(20)22-16-11-15(29(23,24)25)6-7-17(16)30(26,27)28/h6-8,11-13H,4-5,9-10,19H2,1-3H3,(H4-,20,21,22,23,24,25,26,27,28)/q-1. The van der Waals surface area contributed by atoms with Gasteiger partial charge in [0.25, 0.3) is 20.2 Å². The molecule has 1 aromatic rings. The molecule has 0 saturated heterocycles. The second kappa shape index (κ2) is 10.9. The van der Waals surface area contributed by atoms with Crippen molar-refractivity contribution in [3.8, 4) is 0 Å². The van der Waals surface area contributed by atoms with Crippen LogP contribution in [0, 0.1) is 11.8 Å².